The number of anilines is 1. The summed E-state index contributed by atoms with van der Waals surface area (Å²) in [5.74, 6) is -0.436. The van der Waals surface area contributed by atoms with E-state index >= 15 is 0 Å². The number of para-hydroxylation sites is 1. The van der Waals surface area contributed by atoms with Crippen molar-refractivity contribution in [3.05, 3.63) is 29.3 Å². The van der Waals surface area contributed by atoms with Gasteiger partial charge in [0.05, 0.1) is 13.2 Å². The molecule has 2 fully saturated rings. The number of hydrogen-bond donors (Lipinski definition) is 1. The molecule has 0 atom stereocenters. The van der Waals surface area contributed by atoms with Crippen molar-refractivity contribution in [1.29, 1.82) is 0 Å². The van der Waals surface area contributed by atoms with Gasteiger partial charge in [0.1, 0.15) is 0 Å². The Morgan fingerprint density at radius 1 is 1.27 bits per heavy atom. The Morgan fingerprint density at radius 2 is 1.95 bits per heavy atom. The van der Waals surface area contributed by atoms with Gasteiger partial charge in [0.2, 0.25) is 0 Å². The van der Waals surface area contributed by atoms with Crippen LogP contribution in [0.4, 0.5) is 10.5 Å². The third kappa shape index (κ3) is 2.96. The maximum atomic E-state index is 12.5. The molecule has 1 N–H and O–H groups in total. The van der Waals surface area contributed by atoms with Crippen LogP contribution in [0.2, 0.25) is 0 Å². The summed E-state index contributed by atoms with van der Waals surface area (Å²) in [4.78, 5) is 14.4. The van der Waals surface area contributed by atoms with Crippen molar-refractivity contribution in [1.82, 2.24) is 4.90 Å². The highest BCUT2D eigenvalue weighted by Gasteiger charge is 2.40. The lowest BCUT2D eigenvalue weighted by atomic mass is 10.0. The molecular weight excluding hydrogens is 280 g/mol. The van der Waals surface area contributed by atoms with Gasteiger partial charge in [-0.05, 0) is 24.5 Å². The largest absolute Gasteiger partial charge is 0.347 e. The van der Waals surface area contributed by atoms with Crippen LogP contribution in [0.5, 0.6) is 0 Å². The van der Waals surface area contributed by atoms with Gasteiger partial charge < -0.3 is 19.7 Å². The summed E-state index contributed by atoms with van der Waals surface area (Å²) >= 11 is 0. The highest BCUT2D eigenvalue weighted by Crippen LogP contribution is 2.31. The second-order valence-corrected chi connectivity index (χ2v) is 5.99. The second-order valence-electron chi connectivity index (χ2n) is 5.99. The van der Waals surface area contributed by atoms with Crippen LogP contribution < -0.4 is 5.32 Å². The molecular formula is C17H24N2O3. The lowest BCUT2D eigenvalue weighted by molar-refractivity contribution is -0.181. The number of nitrogens with zero attached hydrogens (tertiary/aromatic N) is 1. The first-order chi connectivity index (χ1) is 10.6. The molecule has 5 nitrogen and oxygen atoms in total. The Labute approximate surface area is 131 Å². The molecule has 1 aromatic rings. The zero-order valence-electron chi connectivity index (χ0n) is 13.4. The number of aryl methyl sites for hydroxylation is 2. The molecule has 5 heteroatoms. The van der Waals surface area contributed by atoms with E-state index in [2.05, 4.69) is 18.3 Å². The van der Waals surface area contributed by atoms with Crippen LogP contribution in [-0.2, 0) is 15.9 Å². The van der Waals surface area contributed by atoms with Crippen molar-refractivity contribution >= 4 is 11.7 Å². The monoisotopic (exact) mass is 304 g/mol. The molecule has 0 aromatic heterocycles. The van der Waals surface area contributed by atoms with Gasteiger partial charge in [-0.3, -0.25) is 0 Å². The van der Waals surface area contributed by atoms with Crippen LogP contribution in [0, 0.1) is 6.92 Å². The number of urea groups is 1. The summed E-state index contributed by atoms with van der Waals surface area (Å²) in [7, 11) is 0. The van der Waals surface area contributed by atoms with Crippen LogP contribution >= 0.6 is 0 Å². The molecule has 1 spiro atoms. The van der Waals surface area contributed by atoms with Crippen LogP contribution in [-0.4, -0.2) is 43.0 Å². The van der Waals surface area contributed by atoms with Gasteiger partial charge in [-0.15, -0.1) is 0 Å². The topological polar surface area (TPSA) is 50.8 Å². The van der Waals surface area contributed by atoms with Gasteiger partial charge in [-0.2, -0.15) is 0 Å². The first-order valence-electron chi connectivity index (χ1n) is 8.06. The fourth-order valence-electron chi connectivity index (χ4n) is 3.22. The summed E-state index contributed by atoms with van der Waals surface area (Å²) in [5, 5.41) is 3.08. The number of piperidine rings is 1. The smallest absolute Gasteiger partial charge is 0.321 e. The molecule has 0 aliphatic carbocycles. The number of carbonyl (C=O) groups is 1. The molecule has 0 bridgehead atoms. The number of hydrogen-bond acceptors (Lipinski definition) is 3. The lowest BCUT2D eigenvalue weighted by Gasteiger charge is -2.37. The quantitative estimate of drug-likeness (QED) is 0.914. The molecule has 2 aliphatic rings. The van der Waals surface area contributed by atoms with Gasteiger partial charge in [-0.1, -0.05) is 25.1 Å². The molecule has 22 heavy (non-hydrogen) atoms. The number of carbonyl (C=O) groups excluding carboxylic acids is 1. The maximum Gasteiger partial charge on any atom is 0.321 e. The number of rotatable bonds is 2. The van der Waals surface area contributed by atoms with Gasteiger partial charge in [0.25, 0.3) is 0 Å². The van der Waals surface area contributed by atoms with Crippen molar-refractivity contribution in [3.63, 3.8) is 0 Å². The van der Waals surface area contributed by atoms with Crippen molar-refractivity contribution < 1.29 is 14.3 Å². The number of ether oxygens (including phenoxy) is 2. The summed E-state index contributed by atoms with van der Waals surface area (Å²) < 4.78 is 11.4. The lowest BCUT2D eigenvalue weighted by Crippen LogP contribution is -2.48. The van der Waals surface area contributed by atoms with E-state index in [4.69, 9.17) is 9.47 Å². The van der Waals surface area contributed by atoms with Crippen molar-refractivity contribution in [2.45, 2.75) is 38.9 Å². The normalized spacial score (nSPS) is 20.4. The second kappa shape index (κ2) is 6.26. The molecule has 2 amide bonds. The summed E-state index contributed by atoms with van der Waals surface area (Å²) in [6, 6.07) is 6.09. The fraction of sp³-hybridized carbons (Fsp3) is 0.588. The number of nitrogens with one attached hydrogen (secondary N) is 1. The number of likely N-dealkylation sites (tertiary alicyclic amines) is 1. The molecule has 0 radical (unpaired) electrons. The van der Waals surface area contributed by atoms with E-state index in [1.807, 2.05) is 24.0 Å². The molecule has 2 saturated heterocycles. The van der Waals surface area contributed by atoms with Crippen molar-refractivity contribution in [2.75, 3.05) is 31.6 Å². The molecule has 2 aliphatic heterocycles. The zero-order chi connectivity index (χ0) is 15.6. The van der Waals surface area contributed by atoms with E-state index in [1.54, 1.807) is 0 Å². The van der Waals surface area contributed by atoms with Crippen molar-refractivity contribution in [3.8, 4) is 0 Å². The standard InChI is InChI=1S/C17H24N2O3/c1-3-14-6-4-5-13(2)15(14)18-16(20)19-9-7-17(8-10-19)21-11-12-22-17/h4-6H,3,7-12H2,1-2H3,(H,18,20). The Kier molecular flexibility index (Phi) is 4.36. The Bertz CT molecular complexity index is 543. The van der Waals surface area contributed by atoms with Gasteiger partial charge in [-0.25, -0.2) is 4.79 Å². The number of benzene rings is 1. The van der Waals surface area contributed by atoms with Gasteiger partial charge in [0.15, 0.2) is 5.79 Å². The molecule has 2 heterocycles. The summed E-state index contributed by atoms with van der Waals surface area (Å²) in [6.45, 7) is 6.78. The Balaban J connectivity index is 1.64. The van der Waals surface area contributed by atoms with E-state index < -0.39 is 5.79 Å². The first kappa shape index (κ1) is 15.3. The summed E-state index contributed by atoms with van der Waals surface area (Å²) in [6.07, 6.45) is 2.39. The van der Waals surface area contributed by atoms with Crippen LogP contribution in [0.1, 0.15) is 30.9 Å². The molecule has 120 valence electrons. The molecule has 1 aromatic carbocycles. The van der Waals surface area contributed by atoms with E-state index in [1.165, 1.54) is 5.56 Å². The highest BCUT2D eigenvalue weighted by atomic mass is 16.7. The Hall–Kier alpha value is -1.59. The van der Waals surface area contributed by atoms with Gasteiger partial charge >= 0.3 is 6.03 Å². The molecule has 0 saturated carbocycles. The minimum atomic E-state index is -0.436. The Morgan fingerprint density at radius 3 is 2.59 bits per heavy atom. The van der Waals surface area contributed by atoms with E-state index in [0.29, 0.717) is 26.3 Å². The fourth-order valence-corrected chi connectivity index (χ4v) is 3.22. The zero-order valence-corrected chi connectivity index (χ0v) is 13.4. The predicted octanol–water partition coefficient (Wildman–Crippen LogP) is 2.93. The third-order valence-corrected chi connectivity index (χ3v) is 4.60. The average Bonchev–Trinajstić information content (AvgIpc) is 2.98. The van der Waals surface area contributed by atoms with Crippen LogP contribution in [0.25, 0.3) is 0 Å². The van der Waals surface area contributed by atoms with E-state index in [-0.39, 0.29) is 6.03 Å². The van der Waals surface area contributed by atoms with Gasteiger partial charge in [0, 0.05) is 31.6 Å². The van der Waals surface area contributed by atoms with E-state index in [9.17, 15) is 4.79 Å². The molecule has 3 rings (SSSR count). The average molecular weight is 304 g/mol. The van der Waals surface area contributed by atoms with Crippen molar-refractivity contribution in [2.24, 2.45) is 0 Å². The third-order valence-electron chi connectivity index (χ3n) is 4.60. The summed E-state index contributed by atoms with van der Waals surface area (Å²) in [5.41, 5.74) is 3.22. The minimum Gasteiger partial charge on any atom is -0.347 e. The minimum absolute atomic E-state index is 0.0307. The maximum absolute atomic E-state index is 12.5. The SMILES string of the molecule is CCc1cccc(C)c1NC(=O)N1CCC2(CC1)OCCO2. The van der Waals surface area contributed by atoms with Crippen LogP contribution in [0.15, 0.2) is 18.2 Å². The predicted molar refractivity (Wildman–Crippen MR) is 85.0 cm³/mol. The first-order valence-corrected chi connectivity index (χ1v) is 8.06. The van der Waals surface area contributed by atoms with E-state index in [0.717, 1.165) is 30.5 Å². The molecule has 0 unspecified atom stereocenters. The number of amides is 2. The highest BCUT2D eigenvalue weighted by molar-refractivity contribution is 5.91. The van der Waals surface area contributed by atoms with Crippen LogP contribution in [0.3, 0.4) is 0 Å².